The molecule has 1 aromatic carbocycles. The molecule has 2 aromatic rings. The Hall–Kier alpha value is -2.94. The molecule has 0 bridgehead atoms. The van der Waals surface area contributed by atoms with Crippen LogP contribution in [0.25, 0.3) is 0 Å². The zero-order valence-electron chi connectivity index (χ0n) is 16.4. The number of carboxylic acid groups (broad SMARTS) is 1. The van der Waals surface area contributed by atoms with Crippen molar-refractivity contribution in [2.45, 2.75) is 19.8 Å². The second-order valence-corrected chi connectivity index (χ2v) is 7.81. The van der Waals surface area contributed by atoms with Crippen molar-refractivity contribution in [2.75, 3.05) is 29.9 Å². The van der Waals surface area contributed by atoms with E-state index in [9.17, 15) is 19.5 Å². The molecule has 0 radical (unpaired) electrons. The Kier molecular flexibility index (Phi) is 7.04. The average molecular weight is 476 g/mol. The lowest BCUT2D eigenvalue weighted by Crippen LogP contribution is -2.40. The summed E-state index contributed by atoms with van der Waals surface area (Å²) in [4.78, 5) is 42.4. The van der Waals surface area contributed by atoms with E-state index in [1.165, 1.54) is 12.3 Å². The smallest absolute Gasteiger partial charge is 0.339 e. The zero-order valence-corrected chi connectivity index (χ0v) is 18.0. The quantitative estimate of drug-likeness (QED) is 0.614. The van der Waals surface area contributed by atoms with E-state index in [-0.39, 0.29) is 34.9 Å². The highest BCUT2D eigenvalue weighted by Gasteiger charge is 2.29. The Bertz CT molecular complexity index is 948. The van der Waals surface area contributed by atoms with Crippen LogP contribution in [0.1, 0.15) is 40.5 Å². The molecule has 1 atom stereocenters. The number of aromatic nitrogens is 1. The molecule has 1 aliphatic rings. The summed E-state index contributed by atoms with van der Waals surface area (Å²) in [6, 6.07) is 8.19. The summed E-state index contributed by atoms with van der Waals surface area (Å²) in [7, 11) is 0. The monoisotopic (exact) mass is 475 g/mol. The Labute approximate surface area is 182 Å². The van der Waals surface area contributed by atoms with E-state index < -0.39 is 5.97 Å². The van der Waals surface area contributed by atoms with E-state index in [0.29, 0.717) is 31.7 Å². The van der Waals surface area contributed by atoms with Crippen LogP contribution in [0, 0.1) is 5.92 Å². The van der Waals surface area contributed by atoms with Crippen LogP contribution in [0.5, 0.6) is 0 Å². The van der Waals surface area contributed by atoms with Crippen LogP contribution in [-0.2, 0) is 9.53 Å². The Morgan fingerprint density at radius 1 is 1.30 bits per heavy atom. The zero-order chi connectivity index (χ0) is 21.7. The summed E-state index contributed by atoms with van der Waals surface area (Å²) in [6.45, 7) is 3.00. The molecule has 2 heterocycles. The van der Waals surface area contributed by atoms with Gasteiger partial charge in [0.15, 0.2) is 0 Å². The molecule has 0 spiro atoms. The number of ether oxygens (including phenoxy) is 1. The number of esters is 1. The number of hydrogen-bond acceptors (Lipinski definition) is 6. The second kappa shape index (κ2) is 9.71. The predicted octanol–water partition coefficient (Wildman–Crippen LogP) is 3.57. The topological polar surface area (TPSA) is 109 Å². The molecule has 1 amide bonds. The van der Waals surface area contributed by atoms with Crippen LogP contribution >= 0.6 is 15.9 Å². The van der Waals surface area contributed by atoms with Crippen LogP contribution in [0.3, 0.4) is 0 Å². The summed E-state index contributed by atoms with van der Waals surface area (Å²) in [5, 5.41) is 12.4. The molecule has 0 saturated carbocycles. The number of benzene rings is 1. The number of piperidine rings is 1. The van der Waals surface area contributed by atoms with E-state index in [1.54, 1.807) is 36.1 Å². The SMILES string of the molecule is CCOC(=O)C1CCCN(c2ncc(NC(=O)c3ccc(Br)cc3)cc2C(=O)O)C1. The normalized spacial score (nSPS) is 16.1. The molecule has 30 heavy (non-hydrogen) atoms. The van der Waals surface area contributed by atoms with Crippen LogP contribution in [0.4, 0.5) is 11.5 Å². The lowest BCUT2D eigenvalue weighted by molar-refractivity contribution is -0.148. The third-order valence-corrected chi connectivity index (χ3v) is 5.33. The van der Waals surface area contributed by atoms with E-state index in [0.717, 1.165) is 10.9 Å². The fourth-order valence-corrected chi connectivity index (χ4v) is 3.63. The fourth-order valence-electron chi connectivity index (χ4n) is 3.36. The molecule has 3 rings (SSSR count). The van der Waals surface area contributed by atoms with Crippen molar-refractivity contribution in [1.82, 2.24) is 4.98 Å². The molecule has 9 heteroatoms. The predicted molar refractivity (Wildman–Crippen MR) is 115 cm³/mol. The first kappa shape index (κ1) is 21.8. The van der Waals surface area contributed by atoms with E-state index in [2.05, 4.69) is 26.2 Å². The standard InChI is InChI=1S/C21H22BrN3O5/c1-2-30-21(29)14-4-3-9-25(12-14)18-17(20(27)28)10-16(11-23-18)24-19(26)13-5-7-15(22)8-6-13/h5-8,10-11,14H,2-4,9,12H2,1H3,(H,24,26)(H,27,28). The third kappa shape index (κ3) is 5.15. The minimum absolute atomic E-state index is 0.0342. The lowest BCUT2D eigenvalue weighted by atomic mass is 9.98. The highest BCUT2D eigenvalue weighted by Crippen LogP contribution is 2.27. The number of aromatic carboxylic acids is 1. The van der Waals surface area contributed by atoms with Gasteiger partial charge in [0.25, 0.3) is 5.91 Å². The second-order valence-electron chi connectivity index (χ2n) is 6.90. The van der Waals surface area contributed by atoms with E-state index >= 15 is 0 Å². The first-order valence-corrected chi connectivity index (χ1v) is 10.4. The van der Waals surface area contributed by atoms with Gasteiger partial charge in [-0.25, -0.2) is 9.78 Å². The Morgan fingerprint density at radius 2 is 2.03 bits per heavy atom. The Balaban J connectivity index is 1.79. The fraction of sp³-hybridized carbons (Fsp3) is 0.333. The number of hydrogen-bond donors (Lipinski definition) is 2. The summed E-state index contributed by atoms with van der Waals surface area (Å²) in [5.41, 5.74) is 0.684. The number of halogens is 1. The van der Waals surface area contributed by atoms with Crippen LogP contribution in [-0.4, -0.2) is 47.6 Å². The molecule has 158 valence electrons. The van der Waals surface area contributed by atoms with Gasteiger partial charge in [0, 0.05) is 23.1 Å². The number of carboxylic acids is 1. The van der Waals surface area contributed by atoms with E-state index in [1.807, 2.05) is 0 Å². The molecule has 1 saturated heterocycles. The number of carbonyl (C=O) groups excluding carboxylic acids is 2. The highest BCUT2D eigenvalue weighted by molar-refractivity contribution is 9.10. The number of pyridine rings is 1. The van der Waals surface area contributed by atoms with Gasteiger partial charge in [0.1, 0.15) is 11.4 Å². The van der Waals surface area contributed by atoms with Gasteiger partial charge < -0.3 is 20.1 Å². The van der Waals surface area contributed by atoms with Gasteiger partial charge in [-0.3, -0.25) is 9.59 Å². The van der Waals surface area contributed by atoms with Crippen molar-refractivity contribution in [3.8, 4) is 0 Å². The molecule has 1 unspecified atom stereocenters. The summed E-state index contributed by atoms with van der Waals surface area (Å²) < 4.78 is 5.95. The molecule has 1 fully saturated rings. The van der Waals surface area contributed by atoms with Gasteiger partial charge >= 0.3 is 11.9 Å². The molecule has 0 aliphatic carbocycles. The number of nitrogens with zero attached hydrogens (tertiary/aromatic N) is 2. The highest BCUT2D eigenvalue weighted by atomic mass is 79.9. The van der Waals surface area contributed by atoms with Gasteiger partial charge in [-0.05, 0) is 50.1 Å². The number of nitrogens with one attached hydrogen (secondary N) is 1. The minimum Gasteiger partial charge on any atom is -0.478 e. The minimum atomic E-state index is -1.16. The lowest BCUT2D eigenvalue weighted by Gasteiger charge is -2.33. The molecule has 1 aliphatic heterocycles. The Morgan fingerprint density at radius 3 is 2.70 bits per heavy atom. The maximum atomic E-state index is 12.4. The van der Waals surface area contributed by atoms with Gasteiger partial charge in [0.2, 0.25) is 0 Å². The van der Waals surface area contributed by atoms with Crippen molar-refractivity contribution in [3.63, 3.8) is 0 Å². The van der Waals surface area contributed by atoms with Crippen molar-refractivity contribution in [1.29, 1.82) is 0 Å². The maximum Gasteiger partial charge on any atom is 0.339 e. The van der Waals surface area contributed by atoms with E-state index in [4.69, 9.17) is 4.74 Å². The molecule has 2 N–H and O–H groups in total. The summed E-state index contributed by atoms with van der Waals surface area (Å²) >= 11 is 3.31. The van der Waals surface area contributed by atoms with Gasteiger partial charge in [-0.2, -0.15) is 0 Å². The first-order valence-electron chi connectivity index (χ1n) is 9.61. The number of carbonyl (C=O) groups is 3. The molecular formula is C21H22BrN3O5. The largest absolute Gasteiger partial charge is 0.478 e. The average Bonchev–Trinajstić information content (AvgIpc) is 2.74. The van der Waals surface area contributed by atoms with Gasteiger partial charge in [-0.15, -0.1) is 0 Å². The summed E-state index contributed by atoms with van der Waals surface area (Å²) in [6.07, 6.45) is 2.85. The van der Waals surface area contributed by atoms with Crippen LogP contribution in [0.15, 0.2) is 41.0 Å². The molecule has 8 nitrogen and oxygen atoms in total. The summed E-state index contributed by atoms with van der Waals surface area (Å²) in [5.74, 6) is -1.85. The molecular weight excluding hydrogens is 454 g/mol. The maximum absolute atomic E-state index is 12.4. The number of anilines is 2. The van der Waals surface area contributed by atoms with Gasteiger partial charge in [-0.1, -0.05) is 15.9 Å². The van der Waals surface area contributed by atoms with Crippen molar-refractivity contribution in [3.05, 3.63) is 52.1 Å². The number of amides is 1. The van der Waals surface area contributed by atoms with Crippen LogP contribution in [0.2, 0.25) is 0 Å². The number of rotatable bonds is 6. The van der Waals surface area contributed by atoms with Crippen molar-refractivity contribution >= 4 is 45.3 Å². The van der Waals surface area contributed by atoms with Crippen molar-refractivity contribution in [2.24, 2.45) is 5.92 Å². The van der Waals surface area contributed by atoms with Crippen molar-refractivity contribution < 1.29 is 24.2 Å². The third-order valence-electron chi connectivity index (χ3n) is 4.80. The molecule has 1 aromatic heterocycles. The van der Waals surface area contributed by atoms with Gasteiger partial charge in [0.05, 0.1) is 24.4 Å². The first-order chi connectivity index (χ1) is 14.4. The van der Waals surface area contributed by atoms with Crippen LogP contribution < -0.4 is 10.2 Å².